The fourth-order valence-electron chi connectivity index (χ4n) is 2.02. The molecule has 0 unspecified atom stereocenters. The number of hydrogen-bond donors (Lipinski definition) is 2. The first-order valence-electron chi connectivity index (χ1n) is 7.38. The van der Waals surface area contributed by atoms with E-state index in [1.54, 1.807) is 24.3 Å². The molecule has 2 rings (SSSR count). The molecule has 1 heterocycles. The molecule has 0 radical (unpaired) electrons. The Morgan fingerprint density at radius 1 is 1.29 bits per heavy atom. The molecule has 0 aliphatic carbocycles. The third kappa shape index (κ3) is 5.24. The molecule has 1 aromatic heterocycles. The highest BCUT2D eigenvalue weighted by Crippen LogP contribution is 2.19. The number of nitrogens with zero attached hydrogens (tertiary/aromatic N) is 3. The van der Waals surface area contributed by atoms with E-state index < -0.39 is 0 Å². The molecule has 2 amide bonds. The van der Waals surface area contributed by atoms with Crippen LogP contribution in [0.25, 0.3) is 0 Å². The standard InChI is InChI=1S/C15H18ClN5O2S/c1-2-21-13(8-7-12(17)22)19-20-15(21)24-9-14(23)18-11-5-3-10(16)4-6-11/h3-6H,2,7-9H2,1H3,(H2,17,22)(H,18,23). The molecule has 7 nitrogen and oxygen atoms in total. The smallest absolute Gasteiger partial charge is 0.234 e. The van der Waals surface area contributed by atoms with Gasteiger partial charge in [-0.3, -0.25) is 9.59 Å². The lowest BCUT2D eigenvalue weighted by Gasteiger charge is -2.07. The number of aryl methyl sites for hydroxylation is 1. The van der Waals surface area contributed by atoms with Gasteiger partial charge < -0.3 is 15.6 Å². The average molecular weight is 368 g/mol. The zero-order chi connectivity index (χ0) is 17.5. The van der Waals surface area contributed by atoms with Gasteiger partial charge in [0.1, 0.15) is 5.82 Å². The van der Waals surface area contributed by atoms with Gasteiger partial charge in [-0.25, -0.2) is 0 Å². The van der Waals surface area contributed by atoms with Gasteiger partial charge in [0, 0.05) is 30.1 Å². The number of aromatic nitrogens is 3. The van der Waals surface area contributed by atoms with E-state index in [0.29, 0.717) is 34.7 Å². The summed E-state index contributed by atoms with van der Waals surface area (Å²) >= 11 is 7.10. The van der Waals surface area contributed by atoms with Gasteiger partial charge in [-0.05, 0) is 31.2 Å². The molecule has 0 spiro atoms. The lowest BCUT2D eigenvalue weighted by atomic mass is 10.3. The van der Waals surface area contributed by atoms with E-state index in [1.807, 2.05) is 11.5 Å². The second-order valence-electron chi connectivity index (χ2n) is 4.95. The van der Waals surface area contributed by atoms with E-state index in [-0.39, 0.29) is 24.0 Å². The van der Waals surface area contributed by atoms with E-state index >= 15 is 0 Å². The molecule has 0 saturated carbocycles. The van der Waals surface area contributed by atoms with Crippen molar-refractivity contribution in [1.82, 2.24) is 14.8 Å². The number of benzene rings is 1. The molecule has 0 atom stereocenters. The first kappa shape index (κ1) is 18.3. The van der Waals surface area contributed by atoms with Crippen LogP contribution in [0.5, 0.6) is 0 Å². The van der Waals surface area contributed by atoms with Gasteiger partial charge in [0.2, 0.25) is 11.8 Å². The van der Waals surface area contributed by atoms with Gasteiger partial charge in [0.05, 0.1) is 5.75 Å². The van der Waals surface area contributed by atoms with Crippen LogP contribution in [0.1, 0.15) is 19.2 Å². The Balaban J connectivity index is 1.92. The predicted octanol–water partition coefficient (Wildman–Crippen LogP) is 2.10. The van der Waals surface area contributed by atoms with Crippen molar-refractivity contribution in [3.63, 3.8) is 0 Å². The molecular weight excluding hydrogens is 350 g/mol. The van der Waals surface area contributed by atoms with Crippen molar-refractivity contribution in [2.75, 3.05) is 11.1 Å². The summed E-state index contributed by atoms with van der Waals surface area (Å²) in [5, 5.41) is 12.2. The van der Waals surface area contributed by atoms with Crippen molar-refractivity contribution in [2.45, 2.75) is 31.5 Å². The third-order valence-corrected chi connectivity index (χ3v) is 4.38. The minimum atomic E-state index is -0.378. The number of thioether (sulfide) groups is 1. The van der Waals surface area contributed by atoms with Crippen LogP contribution in [0.3, 0.4) is 0 Å². The Labute approximate surface area is 149 Å². The van der Waals surface area contributed by atoms with E-state index in [4.69, 9.17) is 17.3 Å². The zero-order valence-corrected chi connectivity index (χ0v) is 14.7. The maximum absolute atomic E-state index is 12.0. The van der Waals surface area contributed by atoms with Crippen molar-refractivity contribution in [3.8, 4) is 0 Å². The number of halogens is 1. The lowest BCUT2D eigenvalue weighted by molar-refractivity contribution is -0.118. The van der Waals surface area contributed by atoms with E-state index in [0.717, 1.165) is 0 Å². The van der Waals surface area contributed by atoms with Crippen LogP contribution in [-0.2, 0) is 22.6 Å². The Bertz CT molecular complexity index is 717. The second-order valence-corrected chi connectivity index (χ2v) is 6.33. The molecule has 128 valence electrons. The SMILES string of the molecule is CCn1c(CCC(N)=O)nnc1SCC(=O)Nc1ccc(Cl)cc1. The number of anilines is 1. The summed E-state index contributed by atoms with van der Waals surface area (Å²) in [5.74, 6) is 0.372. The molecule has 0 fully saturated rings. The third-order valence-electron chi connectivity index (χ3n) is 3.17. The zero-order valence-electron chi connectivity index (χ0n) is 13.2. The minimum absolute atomic E-state index is 0.147. The minimum Gasteiger partial charge on any atom is -0.370 e. The number of hydrogen-bond acceptors (Lipinski definition) is 5. The summed E-state index contributed by atoms with van der Waals surface area (Å²) < 4.78 is 1.88. The summed E-state index contributed by atoms with van der Waals surface area (Å²) in [6.07, 6.45) is 0.660. The average Bonchev–Trinajstić information content (AvgIpc) is 2.95. The molecular formula is C15H18ClN5O2S. The molecule has 9 heteroatoms. The summed E-state index contributed by atoms with van der Waals surface area (Å²) in [5.41, 5.74) is 5.84. The summed E-state index contributed by atoms with van der Waals surface area (Å²) in [7, 11) is 0. The molecule has 0 aliphatic heterocycles. The van der Waals surface area contributed by atoms with Gasteiger partial charge in [-0.1, -0.05) is 23.4 Å². The second kappa shape index (κ2) is 8.70. The lowest BCUT2D eigenvalue weighted by Crippen LogP contribution is -2.15. The maximum Gasteiger partial charge on any atom is 0.234 e. The van der Waals surface area contributed by atoms with Gasteiger partial charge in [-0.2, -0.15) is 0 Å². The highest BCUT2D eigenvalue weighted by Gasteiger charge is 2.13. The molecule has 24 heavy (non-hydrogen) atoms. The largest absolute Gasteiger partial charge is 0.370 e. The highest BCUT2D eigenvalue weighted by molar-refractivity contribution is 7.99. The van der Waals surface area contributed by atoms with Gasteiger partial charge in [0.25, 0.3) is 0 Å². The Morgan fingerprint density at radius 3 is 2.62 bits per heavy atom. The number of carbonyl (C=O) groups is 2. The Morgan fingerprint density at radius 2 is 2.00 bits per heavy atom. The fourth-order valence-corrected chi connectivity index (χ4v) is 2.97. The molecule has 2 aromatic rings. The quantitative estimate of drug-likeness (QED) is 0.695. The number of rotatable bonds is 8. The highest BCUT2D eigenvalue weighted by atomic mass is 35.5. The van der Waals surface area contributed by atoms with Crippen molar-refractivity contribution in [2.24, 2.45) is 5.73 Å². The molecule has 0 saturated heterocycles. The van der Waals surface area contributed by atoms with Crippen LogP contribution >= 0.6 is 23.4 Å². The molecule has 1 aromatic carbocycles. The van der Waals surface area contributed by atoms with Crippen molar-refractivity contribution >= 4 is 40.9 Å². The van der Waals surface area contributed by atoms with E-state index in [9.17, 15) is 9.59 Å². The predicted molar refractivity (Wildman–Crippen MR) is 94.0 cm³/mol. The summed E-state index contributed by atoms with van der Waals surface area (Å²) in [6.45, 7) is 2.61. The maximum atomic E-state index is 12.0. The number of carbonyl (C=O) groups excluding carboxylic acids is 2. The van der Waals surface area contributed by atoms with Crippen LogP contribution in [0.4, 0.5) is 5.69 Å². The van der Waals surface area contributed by atoms with Crippen LogP contribution in [-0.4, -0.2) is 32.3 Å². The molecule has 0 bridgehead atoms. The number of nitrogens with one attached hydrogen (secondary N) is 1. The fraction of sp³-hybridized carbons (Fsp3) is 0.333. The van der Waals surface area contributed by atoms with Gasteiger partial charge >= 0.3 is 0 Å². The van der Waals surface area contributed by atoms with Crippen LogP contribution in [0.2, 0.25) is 5.02 Å². The molecule has 3 N–H and O–H groups in total. The van der Waals surface area contributed by atoms with E-state index in [2.05, 4.69) is 15.5 Å². The van der Waals surface area contributed by atoms with E-state index in [1.165, 1.54) is 11.8 Å². The Hall–Kier alpha value is -2.06. The normalized spacial score (nSPS) is 10.6. The van der Waals surface area contributed by atoms with Crippen molar-refractivity contribution in [1.29, 1.82) is 0 Å². The number of primary amides is 1. The van der Waals surface area contributed by atoms with Crippen LogP contribution in [0, 0.1) is 0 Å². The Kier molecular flexibility index (Phi) is 6.62. The summed E-state index contributed by atoms with van der Waals surface area (Å²) in [6, 6.07) is 6.90. The van der Waals surface area contributed by atoms with Gasteiger partial charge in [-0.15, -0.1) is 10.2 Å². The van der Waals surface area contributed by atoms with Crippen molar-refractivity contribution < 1.29 is 9.59 Å². The van der Waals surface area contributed by atoms with Gasteiger partial charge in [0.15, 0.2) is 5.16 Å². The van der Waals surface area contributed by atoms with Crippen LogP contribution in [0.15, 0.2) is 29.4 Å². The monoisotopic (exact) mass is 367 g/mol. The number of amides is 2. The first-order valence-corrected chi connectivity index (χ1v) is 8.74. The summed E-state index contributed by atoms with van der Waals surface area (Å²) in [4.78, 5) is 22.9. The first-order chi connectivity index (χ1) is 11.5. The van der Waals surface area contributed by atoms with Crippen LogP contribution < -0.4 is 11.1 Å². The molecule has 0 aliphatic rings. The topological polar surface area (TPSA) is 103 Å². The van der Waals surface area contributed by atoms with Crippen molar-refractivity contribution in [3.05, 3.63) is 35.1 Å². The number of nitrogens with two attached hydrogens (primary N) is 1.